The van der Waals surface area contributed by atoms with E-state index in [2.05, 4.69) is 38.8 Å². The van der Waals surface area contributed by atoms with Gasteiger partial charge in [0.05, 0.1) is 16.7 Å². The molecule has 2 aromatic carbocycles. The summed E-state index contributed by atoms with van der Waals surface area (Å²) in [5, 5.41) is 17.2. The van der Waals surface area contributed by atoms with Crippen molar-refractivity contribution in [2.75, 3.05) is 5.32 Å². The molecule has 1 unspecified atom stereocenters. The largest absolute Gasteiger partial charge is 0.389 e. The molecule has 4 rings (SSSR count). The van der Waals surface area contributed by atoms with Gasteiger partial charge in [0.2, 0.25) is 5.95 Å². The Hall–Kier alpha value is -2.77. The maximum atomic E-state index is 9.78. The number of thiophene rings is 1. The van der Waals surface area contributed by atoms with Crippen LogP contribution in [-0.4, -0.2) is 15.1 Å². The molecule has 0 amide bonds. The van der Waals surface area contributed by atoms with Gasteiger partial charge in [-0.15, -0.1) is 11.3 Å². The highest BCUT2D eigenvalue weighted by Gasteiger charge is 2.08. The number of rotatable bonds is 8. The van der Waals surface area contributed by atoms with Crippen LogP contribution in [0.3, 0.4) is 0 Å². The van der Waals surface area contributed by atoms with Crippen LogP contribution in [0.15, 0.2) is 72.9 Å². The number of aromatic nitrogens is 2. The van der Waals surface area contributed by atoms with Crippen LogP contribution in [0.5, 0.6) is 0 Å². The summed E-state index contributed by atoms with van der Waals surface area (Å²) in [5.74, 6) is 0.522. The second-order valence-electron chi connectivity index (χ2n) is 7.19. The lowest BCUT2D eigenvalue weighted by molar-refractivity contribution is 0.199. The van der Waals surface area contributed by atoms with Gasteiger partial charge >= 0.3 is 0 Å². The Kier molecular flexibility index (Phi) is 6.94. The third kappa shape index (κ3) is 5.89. The van der Waals surface area contributed by atoms with Gasteiger partial charge in [-0.25, -0.2) is 9.97 Å². The fraction of sp³-hybridized carbons (Fsp3) is 0.167. The van der Waals surface area contributed by atoms with E-state index in [0.717, 1.165) is 45.5 Å². The summed E-state index contributed by atoms with van der Waals surface area (Å²) in [5.41, 5.74) is 3.72. The number of nitrogens with zero attached hydrogens (tertiary/aromatic N) is 2. The lowest BCUT2D eigenvalue weighted by atomic mass is 10.1. The zero-order valence-corrected chi connectivity index (χ0v) is 18.6. The van der Waals surface area contributed by atoms with Crippen LogP contribution in [0.1, 0.15) is 29.0 Å². The first-order valence-electron chi connectivity index (χ1n) is 9.99. The Morgan fingerprint density at radius 1 is 1.03 bits per heavy atom. The van der Waals surface area contributed by atoms with Crippen molar-refractivity contribution in [3.8, 4) is 10.6 Å². The first-order chi connectivity index (χ1) is 15.1. The van der Waals surface area contributed by atoms with Crippen molar-refractivity contribution >= 4 is 34.6 Å². The number of anilines is 2. The van der Waals surface area contributed by atoms with Gasteiger partial charge in [-0.2, -0.15) is 0 Å². The molecule has 31 heavy (non-hydrogen) atoms. The molecule has 0 aliphatic heterocycles. The van der Waals surface area contributed by atoms with Gasteiger partial charge in [0.25, 0.3) is 0 Å². The van der Waals surface area contributed by atoms with Crippen LogP contribution >= 0.6 is 22.9 Å². The number of benzene rings is 2. The Morgan fingerprint density at radius 2 is 1.90 bits per heavy atom. The molecule has 3 N–H and O–H groups in total. The number of aliphatic hydroxyl groups is 1. The lowest BCUT2D eigenvalue weighted by Crippen LogP contribution is -2.11. The third-order valence-corrected chi connectivity index (χ3v) is 6.06. The topological polar surface area (TPSA) is 70.1 Å². The van der Waals surface area contributed by atoms with Crippen molar-refractivity contribution in [2.45, 2.75) is 26.1 Å². The van der Waals surface area contributed by atoms with Crippen LogP contribution in [0.25, 0.3) is 10.6 Å². The highest BCUT2D eigenvalue weighted by molar-refractivity contribution is 7.15. The van der Waals surface area contributed by atoms with Crippen molar-refractivity contribution in [3.63, 3.8) is 0 Å². The summed E-state index contributed by atoms with van der Waals surface area (Å²) in [4.78, 5) is 11.3. The molecule has 0 radical (unpaired) electrons. The molecule has 0 saturated heterocycles. The summed E-state index contributed by atoms with van der Waals surface area (Å²) in [6.45, 7) is 3.29. The van der Waals surface area contributed by atoms with Crippen LogP contribution < -0.4 is 10.6 Å². The summed E-state index contributed by atoms with van der Waals surface area (Å²) in [7, 11) is 0. The maximum absolute atomic E-state index is 9.78. The SMILES string of the molecule is CC(O)c1cccc(Nc2nccc(-c3ccc(CNCc4cccc(Cl)c4)s3)n2)c1. The molecule has 0 aliphatic rings. The Morgan fingerprint density at radius 3 is 2.74 bits per heavy atom. The molecule has 2 aromatic heterocycles. The number of aliphatic hydroxyl groups excluding tert-OH is 1. The Bertz CT molecular complexity index is 1160. The second-order valence-corrected chi connectivity index (χ2v) is 8.80. The predicted molar refractivity (Wildman–Crippen MR) is 128 cm³/mol. The Labute approximate surface area is 190 Å². The summed E-state index contributed by atoms with van der Waals surface area (Å²) < 4.78 is 0. The molecule has 4 aromatic rings. The number of hydrogen-bond donors (Lipinski definition) is 3. The molecule has 5 nitrogen and oxygen atoms in total. The fourth-order valence-electron chi connectivity index (χ4n) is 3.15. The highest BCUT2D eigenvalue weighted by Crippen LogP contribution is 2.28. The summed E-state index contributed by atoms with van der Waals surface area (Å²) in [6, 6.07) is 21.6. The minimum absolute atomic E-state index is 0.522. The average Bonchev–Trinajstić information content (AvgIpc) is 3.23. The number of nitrogens with one attached hydrogen (secondary N) is 2. The first kappa shape index (κ1) is 21.5. The smallest absolute Gasteiger partial charge is 0.227 e. The molecular formula is C24H23ClN4OS. The molecular weight excluding hydrogens is 428 g/mol. The van der Waals surface area contributed by atoms with E-state index in [0.29, 0.717) is 5.95 Å². The van der Waals surface area contributed by atoms with E-state index in [1.165, 1.54) is 4.88 Å². The van der Waals surface area contributed by atoms with Crippen LogP contribution in [-0.2, 0) is 13.1 Å². The summed E-state index contributed by atoms with van der Waals surface area (Å²) >= 11 is 7.75. The van der Waals surface area contributed by atoms with E-state index in [1.807, 2.05) is 48.5 Å². The van der Waals surface area contributed by atoms with Crippen molar-refractivity contribution in [2.24, 2.45) is 0 Å². The highest BCUT2D eigenvalue weighted by atomic mass is 35.5. The standard InChI is InChI=1S/C24H23ClN4OS/c1-16(30)18-5-3-7-20(13-18)28-24-27-11-10-22(29-24)23-9-8-21(31-23)15-26-14-17-4-2-6-19(25)12-17/h2-13,16,26,30H,14-15H2,1H3,(H,27,28,29). The normalized spacial score (nSPS) is 12.0. The molecule has 0 saturated carbocycles. The third-order valence-electron chi connectivity index (χ3n) is 4.71. The molecule has 158 valence electrons. The van der Waals surface area contributed by atoms with Crippen LogP contribution in [0.2, 0.25) is 5.02 Å². The zero-order chi connectivity index (χ0) is 21.6. The van der Waals surface area contributed by atoms with Gasteiger partial charge in [0.1, 0.15) is 0 Å². The number of hydrogen-bond acceptors (Lipinski definition) is 6. The molecule has 0 aliphatic carbocycles. The van der Waals surface area contributed by atoms with Crippen LogP contribution in [0.4, 0.5) is 11.6 Å². The van der Waals surface area contributed by atoms with Gasteiger partial charge in [-0.1, -0.05) is 35.9 Å². The molecule has 1 atom stereocenters. The Balaban J connectivity index is 1.40. The molecule has 7 heteroatoms. The molecule has 0 spiro atoms. The zero-order valence-electron chi connectivity index (χ0n) is 17.0. The van der Waals surface area contributed by atoms with Gasteiger partial charge in [-0.3, -0.25) is 0 Å². The predicted octanol–water partition coefficient (Wildman–Crippen LogP) is 5.95. The van der Waals surface area contributed by atoms with E-state index in [4.69, 9.17) is 11.6 Å². The van der Waals surface area contributed by atoms with Crippen molar-refractivity contribution in [3.05, 3.63) is 94.0 Å². The van der Waals surface area contributed by atoms with E-state index >= 15 is 0 Å². The van der Waals surface area contributed by atoms with Crippen molar-refractivity contribution < 1.29 is 5.11 Å². The minimum Gasteiger partial charge on any atom is -0.389 e. The van der Waals surface area contributed by atoms with E-state index in [-0.39, 0.29) is 0 Å². The quantitative estimate of drug-likeness (QED) is 0.309. The van der Waals surface area contributed by atoms with Gasteiger partial charge < -0.3 is 15.7 Å². The average molecular weight is 451 g/mol. The molecule has 0 bridgehead atoms. The van der Waals surface area contributed by atoms with Gasteiger partial charge in [0, 0.05) is 34.9 Å². The van der Waals surface area contributed by atoms with Crippen molar-refractivity contribution in [1.82, 2.24) is 15.3 Å². The van der Waals surface area contributed by atoms with Gasteiger partial charge in [-0.05, 0) is 60.5 Å². The van der Waals surface area contributed by atoms with Gasteiger partial charge in [0.15, 0.2) is 0 Å². The van der Waals surface area contributed by atoms with Crippen LogP contribution in [0, 0.1) is 0 Å². The molecule has 0 fully saturated rings. The van der Waals surface area contributed by atoms with Crippen molar-refractivity contribution in [1.29, 1.82) is 0 Å². The monoisotopic (exact) mass is 450 g/mol. The summed E-state index contributed by atoms with van der Waals surface area (Å²) in [6.07, 6.45) is 1.23. The minimum atomic E-state index is -0.522. The molecule has 2 heterocycles. The first-order valence-corrected chi connectivity index (χ1v) is 11.2. The number of halogens is 1. The second kappa shape index (κ2) is 10.0. The van der Waals surface area contributed by atoms with E-state index in [1.54, 1.807) is 24.5 Å². The van der Waals surface area contributed by atoms with E-state index < -0.39 is 6.10 Å². The van der Waals surface area contributed by atoms with E-state index in [9.17, 15) is 5.11 Å². The maximum Gasteiger partial charge on any atom is 0.227 e. The fourth-order valence-corrected chi connectivity index (χ4v) is 4.31. The lowest BCUT2D eigenvalue weighted by Gasteiger charge is -2.09.